The van der Waals surface area contributed by atoms with E-state index in [-0.39, 0.29) is 31.1 Å². The highest BCUT2D eigenvalue weighted by atomic mass is 16.6. The average molecular weight is 972 g/mol. The second-order valence-electron chi connectivity index (χ2n) is 18.8. The van der Waals surface area contributed by atoms with Gasteiger partial charge in [0.25, 0.3) is 0 Å². The van der Waals surface area contributed by atoms with E-state index >= 15 is 0 Å². The molecule has 0 rings (SSSR count). The van der Waals surface area contributed by atoms with Crippen LogP contribution < -0.4 is 0 Å². The van der Waals surface area contributed by atoms with Crippen LogP contribution in [0.4, 0.5) is 0 Å². The minimum Gasteiger partial charge on any atom is -0.462 e. The van der Waals surface area contributed by atoms with E-state index in [2.05, 4.69) is 130 Å². The Hall–Kier alpha value is -3.93. The maximum Gasteiger partial charge on any atom is 0.306 e. The van der Waals surface area contributed by atoms with Gasteiger partial charge in [-0.2, -0.15) is 0 Å². The van der Waals surface area contributed by atoms with Crippen LogP contribution in [0.5, 0.6) is 0 Å². The first kappa shape index (κ1) is 66.1. The van der Waals surface area contributed by atoms with Gasteiger partial charge in [0.1, 0.15) is 13.2 Å². The van der Waals surface area contributed by atoms with Gasteiger partial charge < -0.3 is 14.2 Å². The van der Waals surface area contributed by atoms with E-state index in [4.69, 9.17) is 14.2 Å². The molecule has 0 saturated heterocycles. The number of esters is 3. The molecule has 1 atom stereocenters. The van der Waals surface area contributed by atoms with Gasteiger partial charge in [-0.1, -0.05) is 226 Å². The third-order valence-corrected chi connectivity index (χ3v) is 12.0. The van der Waals surface area contributed by atoms with E-state index in [0.29, 0.717) is 19.3 Å². The third kappa shape index (κ3) is 55.0. The largest absolute Gasteiger partial charge is 0.462 e. The van der Waals surface area contributed by atoms with E-state index in [1.54, 1.807) is 0 Å². The van der Waals surface area contributed by atoms with Crippen LogP contribution in [0.1, 0.15) is 258 Å². The molecule has 0 saturated carbocycles. The average Bonchev–Trinajstić information content (AvgIpc) is 3.36. The first-order valence-electron chi connectivity index (χ1n) is 28.9. The molecule has 0 bridgehead atoms. The Labute approximate surface area is 431 Å². The highest BCUT2D eigenvalue weighted by molar-refractivity contribution is 5.71. The van der Waals surface area contributed by atoms with E-state index in [1.165, 1.54) is 83.5 Å². The van der Waals surface area contributed by atoms with E-state index < -0.39 is 6.10 Å². The molecular formula is C64H106O6. The number of unbranched alkanes of at least 4 members (excludes halogenated alkanes) is 22. The summed E-state index contributed by atoms with van der Waals surface area (Å²) in [5.74, 6) is -0.934. The summed E-state index contributed by atoms with van der Waals surface area (Å²) in [6, 6.07) is 0. The highest BCUT2D eigenvalue weighted by Gasteiger charge is 2.19. The fraction of sp³-hybridized carbons (Fsp3) is 0.672. The van der Waals surface area contributed by atoms with Crippen molar-refractivity contribution in [3.8, 4) is 0 Å². The monoisotopic (exact) mass is 971 g/mol. The lowest BCUT2D eigenvalue weighted by Gasteiger charge is -2.18. The molecule has 398 valence electrons. The fourth-order valence-corrected chi connectivity index (χ4v) is 7.65. The second kappa shape index (κ2) is 57.6. The van der Waals surface area contributed by atoms with E-state index in [9.17, 15) is 14.4 Å². The zero-order valence-electron chi connectivity index (χ0n) is 45.5. The first-order valence-corrected chi connectivity index (χ1v) is 28.9. The summed E-state index contributed by atoms with van der Waals surface area (Å²) in [6.45, 7) is 6.41. The molecule has 0 aromatic heterocycles. The Morgan fingerprint density at radius 3 is 0.943 bits per heavy atom. The molecule has 6 nitrogen and oxygen atoms in total. The topological polar surface area (TPSA) is 78.9 Å². The Kier molecular flexibility index (Phi) is 54.4. The minimum atomic E-state index is -0.796. The maximum absolute atomic E-state index is 12.9. The predicted molar refractivity (Wildman–Crippen MR) is 302 cm³/mol. The Morgan fingerprint density at radius 2 is 0.586 bits per heavy atom. The minimum absolute atomic E-state index is 0.0939. The van der Waals surface area contributed by atoms with Crippen LogP contribution in [-0.2, 0) is 28.6 Å². The quantitative estimate of drug-likeness (QED) is 0.0262. The van der Waals surface area contributed by atoms with Crippen molar-refractivity contribution in [1.29, 1.82) is 0 Å². The molecule has 0 fully saturated rings. The molecule has 0 N–H and O–H groups in total. The van der Waals surface area contributed by atoms with Gasteiger partial charge in [-0.3, -0.25) is 14.4 Å². The molecule has 70 heavy (non-hydrogen) atoms. The van der Waals surface area contributed by atoms with Gasteiger partial charge in [-0.05, 0) is 122 Å². The van der Waals surface area contributed by atoms with Crippen LogP contribution in [0, 0.1) is 0 Å². The standard InChI is InChI=1S/C64H106O6/c1-4-7-10-13-16-19-22-24-26-28-30-31-32-33-35-36-38-40-42-45-48-51-54-57-63(66)69-60-61(59-68-62(65)56-53-50-47-44-21-18-15-12-9-6-3)70-64(67)58-55-52-49-46-43-41-39-37-34-29-27-25-23-20-17-14-11-8-5-2/h7,10,12,15-17,19-20,24-27,30-31,33,35,38,40,61H,4-6,8-9,11,13-14,18,21-23,28-29,32,34,36-37,39,41-60H2,1-3H3/b10-7-,15-12-,19-16-,20-17-,26-24-,27-25-,31-30-,35-33-,40-38-. The lowest BCUT2D eigenvalue weighted by Crippen LogP contribution is -2.30. The van der Waals surface area contributed by atoms with Gasteiger partial charge in [0.05, 0.1) is 0 Å². The molecule has 0 radical (unpaired) electrons. The van der Waals surface area contributed by atoms with Crippen molar-refractivity contribution in [2.24, 2.45) is 0 Å². The van der Waals surface area contributed by atoms with Gasteiger partial charge in [0.15, 0.2) is 6.10 Å². The first-order chi connectivity index (χ1) is 34.5. The lowest BCUT2D eigenvalue weighted by molar-refractivity contribution is -0.167. The van der Waals surface area contributed by atoms with Crippen molar-refractivity contribution in [2.75, 3.05) is 13.2 Å². The zero-order chi connectivity index (χ0) is 50.7. The van der Waals surface area contributed by atoms with Crippen LogP contribution in [-0.4, -0.2) is 37.2 Å². The molecule has 0 spiro atoms. The number of carbonyl (C=O) groups is 3. The van der Waals surface area contributed by atoms with Crippen LogP contribution in [0.3, 0.4) is 0 Å². The zero-order valence-corrected chi connectivity index (χ0v) is 45.5. The van der Waals surface area contributed by atoms with Crippen LogP contribution in [0.2, 0.25) is 0 Å². The highest BCUT2D eigenvalue weighted by Crippen LogP contribution is 2.14. The summed E-state index contributed by atoms with van der Waals surface area (Å²) in [5.41, 5.74) is 0. The second-order valence-corrected chi connectivity index (χ2v) is 18.8. The van der Waals surface area contributed by atoms with Crippen molar-refractivity contribution < 1.29 is 28.6 Å². The number of rotatable bonds is 51. The van der Waals surface area contributed by atoms with Crippen molar-refractivity contribution in [3.63, 3.8) is 0 Å². The predicted octanol–water partition coefficient (Wildman–Crippen LogP) is 19.5. The number of hydrogen-bond acceptors (Lipinski definition) is 6. The number of ether oxygens (including phenoxy) is 3. The molecule has 1 unspecified atom stereocenters. The summed E-state index contributed by atoms with van der Waals surface area (Å²) >= 11 is 0. The van der Waals surface area contributed by atoms with E-state index in [1.807, 2.05) is 0 Å². The van der Waals surface area contributed by atoms with Gasteiger partial charge in [0.2, 0.25) is 0 Å². The Bertz CT molecular complexity index is 1440. The van der Waals surface area contributed by atoms with Gasteiger partial charge in [-0.25, -0.2) is 0 Å². The van der Waals surface area contributed by atoms with Crippen molar-refractivity contribution >= 4 is 17.9 Å². The summed E-state index contributed by atoms with van der Waals surface area (Å²) in [5, 5.41) is 0. The maximum atomic E-state index is 12.9. The molecule has 0 amide bonds. The van der Waals surface area contributed by atoms with Gasteiger partial charge in [-0.15, -0.1) is 0 Å². The van der Waals surface area contributed by atoms with Gasteiger partial charge >= 0.3 is 17.9 Å². The molecule has 0 aliphatic carbocycles. The van der Waals surface area contributed by atoms with Crippen LogP contribution >= 0.6 is 0 Å². The van der Waals surface area contributed by atoms with Crippen LogP contribution in [0.25, 0.3) is 0 Å². The Balaban J connectivity index is 4.38. The molecular weight excluding hydrogens is 865 g/mol. The Morgan fingerprint density at radius 1 is 0.300 bits per heavy atom. The summed E-state index contributed by atoms with van der Waals surface area (Å²) in [7, 11) is 0. The number of hydrogen-bond donors (Lipinski definition) is 0. The van der Waals surface area contributed by atoms with Crippen molar-refractivity contribution in [2.45, 2.75) is 264 Å². The normalized spacial score (nSPS) is 12.9. The molecule has 6 heteroatoms. The molecule has 0 aromatic rings. The van der Waals surface area contributed by atoms with E-state index in [0.717, 1.165) is 135 Å². The third-order valence-electron chi connectivity index (χ3n) is 12.0. The summed E-state index contributed by atoms with van der Waals surface area (Å²) in [4.78, 5) is 38.1. The molecule has 0 aromatic carbocycles. The molecule has 0 aliphatic heterocycles. The number of allylic oxidation sites excluding steroid dienone is 18. The lowest BCUT2D eigenvalue weighted by atomic mass is 10.1. The SMILES string of the molecule is CC/C=C\C/C=C\C/C=C\C/C=C\C/C=C\C/C=C\CCCCCCC(=O)OCC(COC(=O)CCCCCCC/C=C\CCC)OC(=O)CCCCCCCCCCC/C=C\C/C=C\CCCCC. The fourth-order valence-electron chi connectivity index (χ4n) is 7.65. The van der Waals surface area contributed by atoms with Crippen molar-refractivity contribution in [3.05, 3.63) is 109 Å². The molecule has 0 aliphatic rings. The summed E-state index contributed by atoms with van der Waals surface area (Å²) < 4.78 is 16.8. The number of carbonyl (C=O) groups excluding carboxylic acids is 3. The van der Waals surface area contributed by atoms with Crippen molar-refractivity contribution in [1.82, 2.24) is 0 Å². The van der Waals surface area contributed by atoms with Crippen LogP contribution in [0.15, 0.2) is 109 Å². The summed E-state index contributed by atoms with van der Waals surface area (Å²) in [6.07, 6.45) is 78.0. The molecule has 0 heterocycles. The smallest absolute Gasteiger partial charge is 0.306 e. The van der Waals surface area contributed by atoms with Gasteiger partial charge in [0, 0.05) is 19.3 Å².